The molecule has 1 N–H and O–H groups in total. The van der Waals surface area contributed by atoms with Gasteiger partial charge in [0.25, 0.3) is 5.91 Å². The van der Waals surface area contributed by atoms with Crippen molar-refractivity contribution in [2.75, 3.05) is 12.4 Å². The highest BCUT2D eigenvalue weighted by Crippen LogP contribution is 2.33. The van der Waals surface area contributed by atoms with Gasteiger partial charge < -0.3 is 14.8 Å². The van der Waals surface area contributed by atoms with Crippen LogP contribution < -0.4 is 14.8 Å². The van der Waals surface area contributed by atoms with Gasteiger partial charge in [0.15, 0.2) is 6.10 Å². The molecule has 1 aromatic heterocycles. The average Bonchev–Trinajstić information content (AvgIpc) is 3.30. The van der Waals surface area contributed by atoms with E-state index in [4.69, 9.17) is 26.1 Å². The number of nitrogens with zero attached hydrogens (tertiary/aromatic N) is 1. The normalized spacial score (nSPS) is 11.6. The van der Waals surface area contributed by atoms with Gasteiger partial charge in [-0.2, -0.15) is 0 Å². The van der Waals surface area contributed by atoms with Crippen LogP contribution in [-0.2, 0) is 4.79 Å². The number of methoxy groups -OCH3 is 1. The van der Waals surface area contributed by atoms with Crippen molar-refractivity contribution in [1.82, 2.24) is 4.98 Å². The molecule has 1 unspecified atom stereocenters. The van der Waals surface area contributed by atoms with Crippen molar-refractivity contribution in [2.24, 2.45) is 0 Å². The molecule has 0 fully saturated rings. The van der Waals surface area contributed by atoms with Crippen molar-refractivity contribution in [3.05, 3.63) is 83.2 Å². The molecule has 0 radical (unpaired) electrons. The molecule has 0 aliphatic carbocycles. The Kier molecular flexibility index (Phi) is 6.73. The standard InChI is InChI=1S/C25H21ClN2O3S/c1-16(31-20-12-10-19(30-2)11-13-20)24(29)27-18-7-5-6-17(14-18)23-15-32-25(28-23)21-8-3-4-9-22(21)26/h3-16H,1-2H3,(H,27,29). The van der Waals surface area contributed by atoms with Crippen LogP contribution in [0.5, 0.6) is 11.5 Å². The molecule has 162 valence electrons. The van der Waals surface area contributed by atoms with Crippen molar-refractivity contribution in [3.63, 3.8) is 0 Å². The molecule has 0 aliphatic heterocycles. The Labute approximate surface area is 195 Å². The molecule has 1 amide bonds. The van der Waals surface area contributed by atoms with E-state index in [1.807, 2.05) is 53.9 Å². The van der Waals surface area contributed by atoms with Crippen LogP contribution in [0.2, 0.25) is 5.02 Å². The van der Waals surface area contributed by atoms with Gasteiger partial charge >= 0.3 is 0 Å². The minimum absolute atomic E-state index is 0.243. The molecule has 5 nitrogen and oxygen atoms in total. The second kappa shape index (κ2) is 9.85. The number of amides is 1. The second-order valence-corrected chi connectivity index (χ2v) is 8.29. The zero-order chi connectivity index (χ0) is 22.5. The molecule has 7 heteroatoms. The number of anilines is 1. The lowest BCUT2D eigenvalue weighted by Gasteiger charge is -2.15. The summed E-state index contributed by atoms with van der Waals surface area (Å²) in [6, 6.07) is 22.3. The fraction of sp³-hybridized carbons (Fsp3) is 0.120. The summed E-state index contributed by atoms with van der Waals surface area (Å²) in [6.45, 7) is 1.71. The van der Waals surface area contributed by atoms with E-state index in [0.29, 0.717) is 16.5 Å². The lowest BCUT2D eigenvalue weighted by molar-refractivity contribution is -0.122. The van der Waals surface area contributed by atoms with Crippen molar-refractivity contribution in [3.8, 4) is 33.3 Å². The quantitative estimate of drug-likeness (QED) is 0.337. The minimum Gasteiger partial charge on any atom is -0.497 e. The van der Waals surface area contributed by atoms with Gasteiger partial charge in [-0.15, -0.1) is 11.3 Å². The Morgan fingerprint density at radius 3 is 2.53 bits per heavy atom. The third-order valence-corrected chi connectivity index (χ3v) is 5.98. The predicted molar refractivity (Wildman–Crippen MR) is 130 cm³/mol. The van der Waals surface area contributed by atoms with Crippen LogP contribution in [0.15, 0.2) is 78.2 Å². The number of carbonyl (C=O) groups is 1. The number of nitrogens with one attached hydrogen (secondary N) is 1. The second-order valence-electron chi connectivity index (χ2n) is 7.02. The highest BCUT2D eigenvalue weighted by molar-refractivity contribution is 7.13. The third kappa shape index (κ3) is 5.10. The number of halogens is 1. The van der Waals surface area contributed by atoms with Crippen molar-refractivity contribution in [1.29, 1.82) is 0 Å². The van der Waals surface area contributed by atoms with Crippen molar-refractivity contribution < 1.29 is 14.3 Å². The highest BCUT2D eigenvalue weighted by atomic mass is 35.5. The number of rotatable bonds is 7. The zero-order valence-corrected chi connectivity index (χ0v) is 19.1. The minimum atomic E-state index is -0.668. The van der Waals surface area contributed by atoms with Gasteiger partial charge in [0.2, 0.25) is 0 Å². The van der Waals surface area contributed by atoms with Gasteiger partial charge in [0.05, 0.1) is 17.8 Å². The van der Waals surface area contributed by atoms with E-state index in [1.165, 1.54) is 11.3 Å². The van der Waals surface area contributed by atoms with E-state index in [0.717, 1.165) is 27.6 Å². The van der Waals surface area contributed by atoms with Crippen LogP contribution >= 0.6 is 22.9 Å². The zero-order valence-electron chi connectivity index (χ0n) is 17.5. The van der Waals surface area contributed by atoms with Crippen LogP contribution in [-0.4, -0.2) is 24.1 Å². The monoisotopic (exact) mass is 464 g/mol. The lowest BCUT2D eigenvalue weighted by Crippen LogP contribution is -2.30. The van der Waals surface area contributed by atoms with Gasteiger partial charge in [-0.3, -0.25) is 4.79 Å². The molecule has 3 aromatic carbocycles. The summed E-state index contributed by atoms with van der Waals surface area (Å²) in [4.78, 5) is 17.3. The molecule has 0 aliphatic rings. The van der Waals surface area contributed by atoms with Gasteiger partial charge in [0, 0.05) is 22.2 Å². The molecule has 0 saturated carbocycles. The van der Waals surface area contributed by atoms with E-state index in [1.54, 1.807) is 38.3 Å². The number of aromatic nitrogens is 1. The number of carbonyl (C=O) groups excluding carboxylic acids is 1. The summed E-state index contributed by atoms with van der Waals surface area (Å²) >= 11 is 7.83. The third-order valence-electron chi connectivity index (χ3n) is 4.78. The lowest BCUT2D eigenvalue weighted by atomic mass is 10.1. The number of thiazole rings is 1. The highest BCUT2D eigenvalue weighted by Gasteiger charge is 2.16. The molecular weight excluding hydrogens is 444 g/mol. The molecular formula is C25H21ClN2O3S. The maximum Gasteiger partial charge on any atom is 0.265 e. The Morgan fingerprint density at radius 1 is 1.03 bits per heavy atom. The summed E-state index contributed by atoms with van der Waals surface area (Å²) in [7, 11) is 1.60. The summed E-state index contributed by atoms with van der Waals surface area (Å²) in [5, 5.41) is 6.40. The largest absolute Gasteiger partial charge is 0.497 e. The van der Waals surface area contributed by atoms with E-state index in [2.05, 4.69) is 5.32 Å². The Morgan fingerprint density at radius 2 is 1.78 bits per heavy atom. The van der Waals surface area contributed by atoms with E-state index < -0.39 is 6.10 Å². The molecule has 1 heterocycles. The summed E-state index contributed by atoms with van der Waals surface area (Å²) in [5.74, 6) is 1.08. The number of benzene rings is 3. The maximum absolute atomic E-state index is 12.6. The van der Waals surface area contributed by atoms with E-state index in [-0.39, 0.29) is 5.91 Å². The molecule has 0 bridgehead atoms. The fourth-order valence-electron chi connectivity index (χ4n) is 3.08. The fourth-order valence-corrected chi connectivity index (χ4v) is 4.23. The van der Waals surface area contributed by atoms with Gasteiger partial charge in [-0.05, 0) is 49.4 Å². The first kappa shape index (κ1) is 21.9. The van der Waals surface area contributed by atoms with Gasteiger partial charge in [-0.1, -0.05) is 41.9 Å². The van der Waals surface area contributed by atoms with Gasteiger partial charge in [0.1, 0.15) is 16.5 Å². The van der Waals surface area contributed by atoms with Crippen LogP contribution in [0, 0.1) is 0 Å². The Bertz CT molecular complexity index is 1220. The smallest absolute Gasteiger partial charge is 0.265 e. The topological polar surface area (TPSA) is 60.5 Å². The van der Waals surface area contributed by atoms with E-state index >= 15 is 0 Å². The molecule has 0 spiro atoms. The van der Waals surface area contributed by atoms with Crippen molar-refractivity contribution >= 4 is 34.5 Å². The predicted octanol–water partition coefficient (Wildman–Crippen LogP) is 6.55. The SMILES string of the molecule is COc1ccc(OC(C)C(=O)Nc2cccc(-c3csc(-c4ccccc4Cl)n3)c2)cc1. The molecule has 1 atom stereocenters. The first-order valence-corrected chi connectivity index (χ1v) is 11.2. The van der Waals surface area contributed by atoms with Crippen molar-refractivity contribution in [2.45, 2.75) is 13.0 Å². The maximum atomic E-state index is 12.6. The number of hydrogen-bond donors (Lipinski definition) is 1. The van der Waals surface area contributed by atoms with E-state index in [9.17, 15) is 4.79 Å². The Balaban J connectivity index is 1.45. The number of ether oxygens (including phenoxy) is 2. The summed E-state index contributed by atoms with van der Waals surface area (Å²) < 4.78 is 10.9. The molecule has 32 heavy (non-hydrogen) atoms. The first-order valence-electron chi connectivity index (χ1n) is 9.96. The number of hydrogen-bond acceptors (Lipinski definition) is 5. The summed E-state index contributed by atoms with van der Waals surface area (Å²) in [5.41, 5.74) is 3.30. The average molecular weight is 465 g/mol. The molecule has 4 aromatic rings. The molecule has 0 saturated heterocycles. The van der Waals surface area contributed by atoms with Crippen LogP contribution in [0.25, 0.3) is 21.8 Å². The summed E-state index contributed by atoms with van der Waals surface area (Å²) in [6.07, 6.45) is -0.668. The Hall–Kier alpha value is -3.35. The van der Waals surface area contributed by atoms with Gasteiger partial charge in [-0.25, -0.2) is 4.98 Å². The first-order chi connectivity index (χ1) is 15.5. The van der Waals surface area contributed by atoms with Crippen LogP contribution in [0.4, 0.5) is 5.69 Å². The molecule has 4 rings (SSSR count). The van der Waals surface area contributed by atoms with Crippen LogP contribution in [0.3, 0.4) is 0 Å². The van der Waals surface area contributed by atoms with Crippen LogP contribution in [0.1, 0.15) is 6.92 Å².